The lowest BCUT2D eigenvalue weighted by atomic mass is 9.85. The highest BCUT2D eigenvalue weighted by Gasteiger charge is 2.72. The first-order valence-corrected chi connectivity index (χ1v) is 7.77. The number of nitrogens with zero attached hydrogens (tertiary/aromatic N) is 3. The molecule has 4 atom stereocenters. The normalized spacial score (nSPS) is 34.8. The van der Waals surface area contributed by atoms with Crippen molar-refractivity contribution in [1.82, 2.24) is 9.88 Å². The largest absolute Gasteiger partial charge is 0.386 e. The molecule has 1 aromatic rings. The minimum absolute atomic E-state index is 0.393. The summed E-state index contributed by atoms with van der Waals surface area (Å²) in [6.45, 7) is 3.82. The van der Waals surface area contributed by atoms with Crippen LogP contribution >= 0.6 is 23.4 Å². The molecule has 0 saturated carbocycles. The standard InChI is InChI=1S/C14H14ClN3O2S/c1-13(2)9(6-16)18-11(20)14(15,12(18)21-13)10(19)8-4-3-5-17-7-8/h3-5,7,9-10,12,19H,1-2H3/t9-,10?,12+,14+/m0/s1. The third-order valence-corrected chi connectivity index (χ3v) is 6.40. The maximum Gasteiger partial charge on any atom is 0.251 e. The molecule has 2 fully saturated rings. The Labute approximate surface area is 131 Å². The molecule has 0 bridgehead atoms. The van der Waals surface area contributed by atoms with E-state index < -0.39 is 33.0 Å². The number of hydrogen-bond donors (Lipinski definition) is 1. The fraction of sp³-hybridized carbons (Fsp3) is 0.500. The average molecular weight is 324 g/mol. The third-order valence-electron chi connectivity index (χ3n) is 4.05. The first kappa shape index (κ1) is 14.6. The Hall–Kier alpha value is -1.29. The van der Waals surface area contributed by atoms with Crippen molar-refractivity contribution in [2.45, 2.75) is 41.0 Å². The van der Waals surface area contributed by atoms with Gasteiger partial charge in [0.1, 0.15) is 17.5 Å². The smallest absolute Gasteiger partial charge is 0.251 e. The number of alkyl halides is 1. The van der Waals surface area contributed by atoms with Gasteiger partial charge in [-0.1, -0.05) is 6.07 Å². The second-order valence-electron chi connectivity index (χ2n) is 5.77. The van der Waals surface area contributed by atoms with Gasteiger partial charge in [0.25, 0.3) is 5.91 Å². The molecule has 2 aliphatic heterocycles. The monoisotopic (exact) mass is 323 g/mol. The lowest BCUT2D eigenvalue weighted by molar-refractivity contribution is -0.155. The molecule has 3 heterocycles. The van der Waals surface area contributed by atoms with Crippen LogP contribution < -0.4 is 0 Å². The van der Waals surface area contributed by atoms with E-state index in [1.165, 1.54) is 22.9 Å². The van der Waals surface area contributed by atoms with Crippen LogP contribution in [0, 0.1) is 11.3 Å². The van der Waals surface area contributed by atoms with Crippen molar-refractivity contribution in [2.24, 2.45) is 0 Å². The van der Waals surface area contributed by atoms with Gasteiger partial charge in [0.2, 0.25) is 0 Å². The maximum absolute atomic E-state index is 12.5. The van der Waals surface area contributed by atoms with Crippen LogP contribution in [0.5, 0.6) is 0 Å². The lowest BCUT2D eigenvalue weighted by Gasteiger charge is -2.51. The van der Waals surface area contributed by atoms with E-state index in [1.54, 1.807) is 18.3 Å². The highest BCUT2D eigenvalue weighted by atomic mass is 35.5. The lowest BCUT2D eigenvalue weighted by Crippen LogP contribution is -2.71. The first-order valence-electron chi connectivity index (χ1n) is 6.51. The molecule has 21 heavy (non-hydrogen) atoms. The fourth-order valence-corrected chi connectivity index (χ4v) is 4.94. The van der Waals surface area contributed by atoms with Gasteiger partial charge >= 0.3 is 0 Å². The zero-order chi connectivity index (χ0) is 15.4. The van der Waals surface area contributed by atoms with Gasteiger partial charge in [-0.05, 0) is 19.9 Å². The molecule has 0 aliphatic carbocycles. The molecule has 1 N–H and O–H groups in total. The van der Waals surface area contributed by atoms with E-state index in [4.69, 9.17) is 11.6 Å². The molecule has 1 aromatic heterocycles. The second-order valence-corrected chi connectivity index (χ2v) is 8.13. The van der Waals surface area contributed by atoms with Crippen molar-refractivity contribution in [3.05, 3.63) is 30.1 Å². The predicted octanol–water partition coefficient (Wildman–Crippen LogP) is 1.68. The Morgan fingerprint density at radius 3 is 2.90 bits per heavy atom. The van der Waals surface area contributed by atoms with Gasteiger partial charge in [-0.2, -0.15) is 5.26 Å². The number of β-lactam (4-membered cyclic amide) rings is 1. The highest BCUT2D eigenvalue weighted by Crippen LogP contribution is 2.60. The number of hydrogen-bond acceptors (Lipinski definition) is 5. The molecular weight excluding hydrogens is 310 g/mol. The molecule has 0 spiro atoms. The van der Waals surface area contributed by atoms with Gasteiger partial charge in [0.05, 0.1) is 6.07 Å². The third kappa shape index (κ3) is 1.81. The van der Waals surface area contributed by atoms with E-state index in [1.807, 2.05) is 13.8 Å². The number of halogens is 1. The average Bonchev–Trinajstić information content (AvgIpc) is 2.75. The quantitative estimate of drug-likeness (QED) is 0.662. The number of amides is 1. The summed E-state index contributed by atoms with van der Waals surface area (Å²) in [4.78, 5) is 16.5. The highest BCUT2D eigenvalue weighted by molar-refractivity contribution is 8.01. The van der Waals surface area contributed by atoms with Crippen molar-refractivity contribution >= 4 is 29.3 Å². The summed E-state index contributed by atoms with van der Waals surface area (Å²) in [6, 6.07) is 5.00. The van der Waals surface area contributed by atoms with Gasteiger partial charge in [-0.15, -0.1) is 23.4 Å². The first-order chi connectivity index (χ1) is 9.84. The van der Waals surface area contributed by atoms with Crippen LogP contribution in [0.2, 0.25) is 0 Å². The summed E-state index contributed by atoms with van der Waals surface area (Å²) in [6.07, 6.45) is 1.94. The number of carbonyl (C=O) groups excluding carboxylic acids is 1. The van der Waals surface area contributed by atoms with Crippen molar-refractivity contribution in [1.29, 1.82) is 5.26 Å². The van der Waals surface area contributed by atoms with Gasteiger partial charge < -0.3 is 10.0 Å². The topological polar surface area (TPSA) is 77.2 Å². The summed E-state index contributed by atoms with van der Waals surface area (Å²) >= 11 is 7.95. The minimum Gasteiger partial charge on any atom is -0.386 e. The summed E-state index contributed by atoms with van der Waals surface area (Å²) in [5.41, 5.74) is 0.499. The fourth-order valence-electron chi connectivity index (χ4n) is 2.88. The van der Waals surface area contributed by atoms with Crippen LogP contribution in [0.4, 0.5) is 0 Å². The maximum atomic E-state index is 12.5. The number of aromatic nitrogens is 1. The van der Waals surface area contributed by atoms with Gasteiger partial charge in [0.15, 0.2) is 4.87 Å². The van der Waals surface area contributed by atoms with Crippen molar-refractivity contribution in [3.63, 3.8) is 0 Å². The number of pyridine rings is 1. The number of aliphatic hydroxyl groups excluding tert-OH is 1. The van der Waals surface area contributed by atoms with E-state index in [0.717, 1.165) is 0 Å². The Balaban J connectivity index is 1.95. The summed E-state index contributed by atoms with van der Waals surface area (Å²) < 4.78 is -0.416. The molecule has 1 unspecified atom stereocenters. The van der Waals surface area contributed by atoms with E-state index in [9.17, 15) is 15.2 Å². The van der Waals surface area contributed by atoms with E-state index in [0.29, 0.717) is 5.56 Å². The number of carbonyl (C=O) groups is 1. The van der Waals surface area contributed by atoms with Crippen LogP contribution in [-0.4, -0.2) is 41.9 Å². The summed E-state index contributed by atoms with van der Waals surface area (Å²) in [7, 11) is 0. The molecule has 3 rings (SSSR count). The molecule has 1 amide bonds. The molecular formula is C14H14ClN3O2S. The summed E-state index contributed by atoms with van der Waals surface area (Å²) in [5.74, 6) is -0.393. The van der Waals surface area contributed by atoms with E-state index in [2.05, 4.69) is 11.1 Å². The van der Waals surface area contributed by atoms with E-state index >= 15 is 0 Å². The molecule has 5 nitrogen and oxygen atoms in total. The minimum atomic E-state index is -1.43. The summed E-state index contributed by atoms with van der Waals surface area (Å²) in [5, 5.41) is 19.4. The molecule has 110 valence electrons. The Morgan fingerprint density at radius 1 is 1.62 bits per heavy atom. The predicted molar refractivity (Wildman–Crippen MR) is 79.5 cm³/mol. The molecule has 2 saturated heterocycles. The van der Waals surface area contributed by atoms with Crippen molar-refractivity contribution in [2.75, 3.05) is 0 Å². The Morgan fingerprint density at radius 2 is 2.33 bits per heavy atom. The molecule has 0 radical (unpaired) electrons. The van der Waals surface area contributed by atoms with Crippen LogP contribution in [0.25, 0.3) is 0 Å². The second kappa shape index (κ2) is 4.60. The van der Waals surface area contributed by atoms with Crippen LogP contribution in [0.1, 0.15) is 25.5 Å². The number of thioether (sulfide) groups is 1. The Kier molecular flexibility index (Phi) is 3.21. The number of rotatable bonds is 2. The van der Waals surface area contributed by atoms with Gasteiger partial charge in [-0.3, -0.25) is 9.78 Å². The SMILES string of the molecule is CC1(C)S[C@H]2N(C(=O)[C@]2(Cl)C(O)c2cccnc2)[C@H]1C#N. The zero-order valence-electron chi connectivity index (χ0n) is 11.5. The van der Waals surface area contributed by atoms with Gasteiger partial charge in [-0.25, -0.2) is 0 Å². The van der Waals surface area contributed by atoms with Crippen LogP contribution in [0.3, 0.4) is 0 Å². The molecule has 2 aliphatic rings. The van der Waals surface area contributed by atoms with Crippen molar-refractivity contribution < 1.29 is 9.90 Å². The van der Waals surface area contributed by atoms with Crippen LogP contribution in [0.15, 0.2) is 24.5 Å². The molecule has 7 heteroatoms. The van der Waals surface area contributed by atoms with Crippen molar-refractivity contribution in [3.8, 4) is 6.07 Å². The van der Waals surface area contributed by atoms with Gasteiger partial charge in [0, 0.05) is 22.7 Å². The number of fused-ring (bicyclic) bond motifs is 1. The number of aliphatic hydroxyl groups is 1. The zero-order valence-corrected chi connectivity index (χ0v) is 13.1. The number of nitriles is 1. The molecule has 0 aromatic carbocycles. The van der Waals surface area contributed by atoms with E-state index in [-0.39, 0.29) is 0 Å². The van der Waals surface area contributed by atoms with Crippen LogP contribution in [-0.2, 0) is 4.79 Å². The Bertz CT molecular complexity index is 633.